The number of benzene rings is 2. The first-order chi connectivity index (χ1) is 13.3. The van der Waals surface area contributed by atoms with E-state index in [0.717, 1.165) is 18.2 Å². The highest BCUT2D eigenvalue weighted by Gasteiger charge is 2.43. The van der Waals surface area contributed by atoms with E-state index in [9.17, 15) is 29.6 Å². The predicted molar refractivity (Wildman–Crippen MR) is 100 cm³/mol. The van der Waals surface area contributed by atoms with E-state index in [4.69, 9.17) is 0 Å². The molecular formula is C19H15N3O6. The van der Waals surface area contributed by atoms with Crippen LogP contribution < -0.4 is 10.2 Å². The number of nitrogens with zero attached hydrogens (tertiary/aromatic N) is 2. The Morgan fingerprint density at radius 3 is 2.68 bits per heavy atom. The largest absolute Gasteiger partial charge is 0.506 e. The van der Waals surface area contributed by atoms with Gasteiger partial charge in [0.15, 0.2) is 11.7 Å². The van der Waals surface area contributed by atoms with Crippen molar-refractivity contribution in [2.24, 2.45) is 5.92 Å². The number of hydrogen-bond donors (Lipinski definition) is 2. The molecule has 0 radical (unpaired) electrons. The van der Waals surface area contributed by atoms with E-state index in [-0.39, 0.29) is 23.5 Å². The number of phenolic OH excluding ortho intramolecular Hbond substituents is 1. The maximum Gasteiger partial charge on any atom is 0.271 e. The first-order valence-corrected chi connectivity index (χ1v) is 8.19. The number of nitrogens with one attached hydrogen (secondary N) is 1. The minimum absolute atomic E-state index is 0.0922. The van der Waals surface area contributed by atoms with Crippen molar-refractivity contribution in [1.82, 2.24) is 0 Å². The number of nitro groups is 1. The van der Waals surface area contributed by atoms with Gasteiger partial charge in [0.2, 0.25) is 11.8 Å². The third kappa shape index (κ3) is 3.20. The Hall–Kier alpha value is -4.01. The summed E-state index contributed by atoms with van der Waals surface area (Å²) in [6, 6.07) is 9.42. The summed E-state index contributed by atoms with van der Waals surface area (Å²) in [5, 5.41) is 23.0. The zero-order chi connectivity index (χ0) is 20.4. The van der Waals surface area contributed by atoms with Crippen molar-refractivity contribution in [2.75, 3.05) is 16.8 Å². The molecule has 1 aliphatic heterocycles. The molecule has 2 aromatic carbocycles. The lowest BCUT2D eigenvalue weighted by Crippen LogP contribution is -2.49. The molecule has 1 aliphatic rings. The highest BCUT2D eigenvalue weighted by molar-refractivity contribution is 6.32. The maximum atomic E-state index is 12.8. The zero-order valence-corrected chi connectivity index (χ0v) is 14.5. The molecule has 1 heterocycles. The summed E-state index contributed by atoms with van der Waals surface area (Å²) in [5.74, 6) is -4.55. The fourth-order valence-corrected chi connectivity index (χ4v) is 2.95. The number of nitro benzene ring substituents is 1. The van der Waals surface area contributed by atoms with Gasteiger partial charge in [0.05, 0.1) is 16.3 Å². The number of para-hydroxylation sites is 1. The number of ketones is 1. The highest BCUT2D eigenvalue weighted by Crippen LogP contribution is 2.33. The van der Waals surface area contributed by atoms with Crippen LogP contribution in [-0.4, -0.2) is 34.2 Å². The summed E-state index contributed by atoms with van der Waals surface area (Å²) in [6.07, 6.45) is 1.46. The molecule has 2 amide bonds. The van der Waals surface area contributed by atoms with Gasteiger partial charge in [-0.3, -0.25) is 24.5 Å². The van der Waals surface area contributed by atoms with Crippen LogP contribution >= 0.6 is 0 Å². The Morgan fingerprint density at radius 2 is 2.00 bits per heavy atom. The zero-order valence-electron chi connectivity index (χ0n) is 14.5. The third-order valence-electron chi connectivity index (χ3n) is 4.26. The van der Waals surface area contributed by atoms with E-state index in [1.165, 1.54) is 17.0 Å². The lowest BCUT2D eigenvalue weighted by atomic mass is 9.89. The molecule has 2 N–H and O–H groups in total. The molecule has 0 fully saturated rings. The average molecular weight is 381 g/mol. The molecule has 3 rings (SSSR count). The van der Waals surface area contributed by atoms with Crippen molar-refractivity contribution < 1.29 is 24.4 Å². The standard InChI is InChI=1S/C19H15N3O6/c1-2-9-21-14-6-4-3-5-12(14)17(24)16(19(21)26)18(25)20-13-10-11(22(27)28)7-8-15(13)23/h2-8,10,16,23H,1,9H2,(H,20,25). The lowest BCUT2D eigenvalue weighted by Gasteiger charge is -2.31. The number of hydrogen-bond acceptors (Lipinski definition) is 6. The second-order valence-corrected chi connectivity index (χ2v) is 6.00. The van der Waals surface area contributed by atoms with E-state index in [0.29, 0.717) is 5.69 Å². The van der Waals surface area contributed by atoms with E-state index < -0.39 is 34.2 Å². The Bertz CT molecular complexity index is 1020. The monoisotopic (exact) mass is 381 g/mol. The van der Waals surface area contributed by atoms with Gasteiger partial charge in [-0.1, -0.05) is 18.2 Å². The number of amides is 2. The van der Waals surface area contributed by atoms with Crippen molar-refractivity contribution in [3.05, 3.63) is 70.8 Å². The molecule has 0 bridgehead atoms. The molecule has 1 unspecified atom stereocenters. The Kier molecular flexibility index (Phi) is 4.90. The van der Waals surface area contributed by atoms with Crippen LogP contribution in [0.4, 0.5) is 17.1 Å². The van der Waals surface area contributed by atoms with Gasteiger partial charge in [0, 0.05) is 24.2 Å². The van der Waals surface area contributed by atoms with Crippen molar-refractivity contribution in [1.29, 1.82) is 0 Å². The van der Waals surface area contributed by atoms with Crippen LogP contribution in [0.2, 0.25) is 0 Å². The number of phenols is 1. The Morgan fingerprint density at radius 1 is 1.29 bits per heavy atom. The fraction of sp³-hybridized carbons (Fsp3) is 0.105. The summed E-state index contributed by atoms with van der Waals surface area (Å²) in [5.41, 5.74) is -0.0611. The molecule has 2 aromatic rings. The smallest absolute Gasteiger partial charge is 0.271 e. The van der Waals surface area contributed by atoms with Crippen LogP contribution in [-0.2, 0) is 9.59 Å². The van der Waals surface area contributed by atoms with Crippen LogP contribution in [0.25, 0.3) is 0 Å². The van der Waals surface area contributed by atoms with E-state index >= 15 is 0 Å². The van der Waals surface area contributed by atoms with Crippen LogP contribution in [0, 0.1) is 16.0 Å². The topological polar surface area (TPSA) is 130 Å². The number of carbonyl (C=O) groups excluding carboxylic acids is 3. The van der Waals surface area contributed by atoms with Crippen molar-refractivity contribution in [2.45, 2.75) is 0 Å². The molecule has 142 valence electrons. The summed E-state index contributed by atoms with van der Waals surface area (Å²) >= 11 is 0. The van der Waals surface area contributed by atoms with Gasteiger partial charge in [-0.25, -0.2) is 0 Å². The van der Waals surface area contributed by atoms with E-state index in [1.54, 1.807) is 18.2 Å². The first kappa shape index (κ1) is 18.8. The van der Waals surface area contributed by atoms with Crippen molar-refractivity contribution in [3.8, 4) is 5.75 Å². The van der Waals surface area contributed by atoms with Crippen LogP contribution in [0.5, 0.6) is 5.75 Å². The average Bonchev–Trinajstić information content (AvgIpc) is 2.67. The predicted octanol–water partition coefficient (Wildman–Crippen LogP) is 2.27. The van der Waals surface area contributed by atoms with Crippen LogP contribution in [0.15, 0.2) is 55.1 Å². The number of rotatable bonds is 5. The number of non-ortho nitro benzene ring substituents is 1. The second kappa shape index (κ2) is 7.31. The third-order valence-corrected chi connectivity index (χ3v) is 4.26. The molecule has 0 spiro atoms. The van der Waals surface area contributed by atoms with Gasteiger partial charge in [-0.05, 0) is 18.2 Å². The molecule has 0 saturated heterocycles. The molecule has 0 aromatic heterocycles. The van der Waals surface area contributed by atoms with Crippen LogP contribution in [0.3, 0.4) is 0 Å². The van der Waals surface area contributed by atoms with Crippen LogP contribution in [0.1, 0.15) is 10.4 Å². The summed E-state index contributed by atoms with van der Waals surface area (Å²) in [6.45, 7) is 3.67. The summed E-state index contributed by atoms with van der Waals surface area (Å²) in [7, 11) is 0. The fourth-order valence-electron chi connectivity index (χ4n) is 2.95. The molecule has 28 heavy (non-hydrogen) atoms. The number of Topliss-reactive ketones (excluding diaryl/α,β-unsaturated/α-hetero) is 1. The lowest BCUT2D eigenvalue weighted by molar-refractivity contribution is -0.384. The first-order valence-electron chi connectivity index (χ1n) is 8.19. The molecule has 9 nitrogen and oxygen atoms in total. The molecule has 0 aliphatic carbocycles. The normalized spacial score (nSPS) is 15.7. The van der Waals surface area contributed by atoms with Gasteiger partial charge in [-0.2, -0.15) is 0 Å². The number of anilines is 2. The summed E-state index contributed by atoms with van der Waals surface area (Å²) in [4.78, 5) is 49.7. The van der Waals surface area contributed by atoms with E-state index in [2.05, 4.69) is 11.9 Å². The molecular weight excluding hydrogens is 366 g/mol. The second-order valence-electron chi connectivity index (χ2n) is 6.00. The number of aromatic hydroxyl groups is 1. The minimum Gasteiger partial charge on any atom is -0.506 e. The Balaban J connectivity index is 1.97. The SMILES string of the molecule is C=CCN1C(=O)C(C(=O)Nc2cc([N+](=O)[O-])ccc2O)C(=O)c2ccccc21. The molecule has 1 atom stereocenters. The van der Waals surface area contributed by atoms with Crippen molar-refractivity contribution in [3.63, 3.8) is 0 Å². The maximum absolute atomic E-state index is 12.8. The highest BCUT2D eigenvalue weighted by atomic mass is 16.6. The van der Waals surface area contributed by atoms with Gasteiger partial charge in [0.25, 0.3) is 5.69 Å². The quantitative estimate of drug-likeness (QED) is 0.269. The minimum atomic E-state index is -1.69. The number of carbonyl (C=O) groups is 3. The number of fused-ring (bicyclic) bond motifs is 1. The van der Waals surface area contributed by atoms with Gasteiger partial charge >= 0.3 is 0 Å². The van der Waals surface area contributed by atoms with Gasteiger partial charge < -0.3 is 15.3 Å². The molecule has 0 saturated carbocycles. The van der Waals surface area contributed by atoms with E-state index in [1.807, 2.05) is 0 Å². The summed E-state index contributed by atoms with van der Waals surface area (Å²) < 4.78 is 0. The molecule has 9 heteroatoms. The van der Waals surface area contributed by atoms with Gasteiger partial charge in [0.1, 0.15) is 5.75 Å². The Labute approximate surface area is 159 Å². The van der Waals surface area contributed by atoms with Crippen molar-refractivity contribution >= 4 is 34.7 Å². The van der Waals surface area contributed by atoms with Gasteiger partial charge in [-0.15, -0.1) is 6.58 Å².